The Bertz CT molecular complexity index is 1080. The number of fused-ring (bicyclic) bond motifs is 2. The van der Waals surface area contributed by atoms with Gasteiger partial charge in [-0.25, -0.2) is 4.98 Å². The van der Waals surface area contributed by atoms with Crippen LogP contribution < -0.4 is 10.2 Å². The van der Waals surface area contributed by atoms with Crippen molar-refractivity contribution in [3.63, 3.8) is 0 Å². The molecule has 4 nitrogen and oxygen atoms in total. The van der Waals surface area contributed by atoms with Crippen LogP contribution in [0, 0.1) is 6.92 Å². The number of anilines is 3. The van der Waals surface area contributed by atoms with Crippen molar-refractivity contribution in [1.82, 2.24) is 4.98 Å². The lowest BCUT2D eigenvalue weighted by Gasteiger charge is -2.22. The van der Waals surface area contributed by atoms with Gasteiger partial charge in [0.05, 0.1) is 17.9 Å². The SMILES string of the molecule is CC.CC.CC.CC.CC.CC.Cc1ccc(C(=O)N2Cc3cccnc3Nc3ccccc32)cc1.c1ccsc1. The third-order valence-electron chi connectivity index (χ3n) is 4.64. The molecule has 1 aliphatic heterocycles. The molecule has 5 rings (SSSR count). The van der Waals surface area contributed by atoms with Gasteiger partial charge in [0.15, 0.2) is 0 Å². The molecule has 0 radical (unpaired) electrons. The zero-order chi connectivity index (χ0) is 32.1. The second kappa shape index (κ2) is 29.5. The second-order valence-electron chi connectivity index (χ2n) is 6.70. The van der Waals surface area contributed by atoms with E-state index in [1.807, 2.05) is 174 Å². The van der Waals surface area contributed by atoms with E-state index in [1.165, 1.54) is 0 Å². The van der Waals surface area contributed by atoms with E-state index in [2.05, 4.69) is 10.3 Å². The largest absolute Gasteiger partial charge is 0.338 e. The van der Waals surface area contributed by atoms with E-state index in [0.717, 1.165) is 28.3 Å². The van der Waals surface area contributed by atoms with Gasteiger partial charge >= 0.3 is 0 Å². The van der Waals surface area contributed by atoms with Gasteiger partial charge in [-0.3, -0.25) is 4.79 Å². The highest BCUT2D eigenvalue weighted by Crippen LogP contribution is 2.35. The van der Waals surface area contributed by atoms with Crippen LogP contribution in [0.5, 0.6) is 0 Å². The third kappa shape index (κ3) is 15.2. The number of carbonyl (C=O) groups excluding carboxylic acids is 1. The molecule has 0 bridgehead atoms. The van der Waals surface area contributed by atoms with E-state index >= 15 is 0 Å². The molecule has 0 fully saturated rings. The lowest BCUT2D eigenvalue weighted by atomic mass is 10.1. The van der Waals surface area contributed by atoms with Crippen molar-refractivity contribution < 1.29 is 4.79 Å². The predicted molar refractivity (Wildman–Crippen MR) is 188 cm³/mol. The van der Waals surface area contributed by atoms with E-state index in [1.54, 1.807) is 22.4 Å². The fraction of sp³-hybridized carbons (Fsp3) is 0.389. The van der Waals surface area contributed by atoms with Gasteiger partial charge in [-0.15, -0.1) is 0 Å². The molecule has 4 aromatic rings. The van der Waals surface area contributed by atoms with E-state index in [9.17, 15) is 4.79 Å². The smallest absolute Gasteiger partial charge is 0.258 e. The molecule has 0 saturated heterocycles. The van der Waals surface area contributed by atoms with Crippen LogP contribution in [0.25, 0.3) is 0 Å². The maximum Gasteiger partial charge on any atom is 0.258 e. The summed E-state index contributed by atoms with van der Waals surface area (Å²) < 4.78 is 0. The Kier molecular flexibility index (Phi) is 30.3. The molecule has 1 N–H and O–H groups in total. The highest BCUT2D eigenvalue weighted by atomic mass is 32.1. The molecule has 2 aromatic carbocycles. The van der Waals surface area contributed by atoms with Gasteiger partial charge in [-0.2, -0.15) is 11.3 Å². The number of thiophene rings is 1. The molecule has 2 aromatic heterocycles. The summed E-state index contributed by atoms with van der Waals surface area (Å²) in [6.07, 6.45) is 1.76. The summed E-state index contributed by atoms with van der Waals surface area (Å²) >= 11 is 1.71. The van der Waals surface area contributed by atoms with Gasteiger partial charge in [-0.05, 0) is 48.0 Å². The van der Waals surface area contributed by atoms with Crippen molar-refractivity contribution in [2.75, 3.05) is 10.2 Å². The number of para-hydroxylation sites is 2. The quantitative estimate of drug-likeness (QED) is 0.244. The minimum absolute atomic E-state index is 0.0130. The molecular formula is C36H57N3OS. The van der Waals surface area contributed by atoms with Gasteiger partial charge < -0.3 is 10.2 Å². The van der Waals surface area contributed by atoms with Crippen LogP contribution in [0.3, 0.4) is 0 Å². The Morgan fingerprint density at radius 1 is 0.707 bits per heavy atom. The number of nitrogens with one attached hydrogen (secondary N) is 1. The number of amides is 1. The van der Waals surface area contributed by atoms with E-state index in [4.69, 9.17) is 0 Å². The first-order valence-corrected chi connectivity index (χ1v) is 16.3. The Morgan fingerprint density at radius 2 is 1.24 bits per heavy atom. The van der Waals surface area contributed by atoms with Gasteiger partial charge in [0.25, 0.3) is 5.91 Å². The van der Waals surface area contributed by atoms with Crippen molar-refractivity contribution in [3.8, 4) is 0 Å². The van der Waals surface area contributed by atoms with Crippen molar-refractivity contribution in [2.45, 2.75) is 96.6 Å². The summed E-state index contributed by atoms with van der Waals surface area (Å²) in [4.78, 5) is 19.3. The number of hydrogen-bond donors (Lipinski definition) is 1. The maximum absolute atomic E-state index is 13.1. The minimum atomic E-state index is -0.0130. The van der Waals surface area contributed by atoms with Crippen molar-refractivity contribution >= 4 is 34.4 Å². The number of carbonyl (C=O) groups is 1. The lowest BCUT2D eigenvalue weighted by molar-refractivity contribution is 0.0985. The normalized spacial score (nSPS) is 9.24. The fourth-order valence-corrected chi connectivity index (χ4v) is 3.59. The van der Waals surface area contributed by atoms with Crippen LogP contribution in [0.15, 0.2) is 89.8 Å². The number of nitrogens with zero attached hydrogens (tertiary/aromatic N) is 2. The molecule has 41 heavy (non-hydrogen) atoms. The van der Waals surface area contributed by atoms with Gasteiger partial charge in [-0.1, -0.05) is 131 Å². The summed E-state index contributed by atoms with van der Waals surface area (Å²) in [6, 6.07) is 23.4. The average Bonchev–Trinajstić information content (AvgIpc) is 3.63. The molecule has 1 amide bonds. The third-order valence-corrected chi connectivity index (χ3v) is 5.27. The highest BCUT2D eigenvalue weighted by molar-refractivity contribution is 7.07. The predicted octanol–water partition coefficient (Wildman–Crippen LogP) is 12.2. The standard InChI is InChI=1S/C20H17N3O.C4H4S.6C2H6/c1-14-8-10-15(11-9-14)20(24)23-13-16-5-4-12-21-19(16)22-17-6-2-3-7-18(17)23;1-2-4-5-3-1;6*1-2/h2-12H,13H2,1H3,(H,21,22);1-4H;6*1-2H3. The summed E-state index contributed by atoms with van der Waals surface area (Å²) in [5, 5.41) is 7.43. The molecule has 0 spiro atoms. The molecule has 228 valence electrons. The number of hydrogen-bond acceptors (Lipinski definition) is 4. The molecule has 0 atom stereocenters. The Balaban J connectivity index is -0.000000715. The van der Waals surface area contributed by atoms with E-state index in [0.29, 0.717) is 12.1 Å². The van der Waals surface area contributed by atoms with Crippen LogP contribution in [0.4, 0.5) is 17.2 Å². The fourth-order valence-electron chi connectivity index (χ4n) is 3.14. The minimum Gasteiger partial charge on any atom is -0.338 e. The van der Waals surface area contributed by atoms with Crippen molar-refractivity contribution in [2.24, 2.45) is 0 Å². The summed E-state index contributed by atoms with van der Waals surface area (Å²) in [7, 11) is 0. The molecule has 5 heteroatoms. The van der Waals surface area contributed by atoms with Crippen LogP contribution in [0.2, 0.25) is 0 Å². The Hall–Kier alpha value is -3.44. The number of rotatable bonds is 1. The first kappa shape index (κ1) is 42.0. The number of pyridine rings is 1. The first-order chi connectivity index (χ1) is 20.2. The van der Waals surface area contributed by atoms with Crippen LogP contribution in [-0.4, -0.2) is 10.9 Å². The molecule has 0 unspecified atom stereocenters. The number of aromatic nitrogens is 1. The first-order valence-electron chi connectivity index (χ1n) is 15.4. The zero-order valence-corrected chi connectivity index (χ0v) is 28.9. The Labute approximate surface area is 256 Å². The summed E-state index contributed by atoms with van der Waals surface area (Å²) in [5.74, 6) is 0.783. The van der Waals surface area contributed by atoms with Crippen LogP contribution in [-0.2, 0) is 6.54 Å². The topological polar surface area (TPSA) is 45.2 Å². The van der Waals surface area contributed by atoms with E-state index < -0.39 is 0 Å². The summed E-state index contributed by atoms with van der Waals surface area (Å²) in [6.45, 7) is 26.5. The van der Waals surface area contributed by atoms with E-state index in [-0.39, 0.29) is 5.91 Å². The van der Waals surface area contributed by atoms with Crippen molar-refractivity contribution in [1.29, 1.82) is 0 Å². The molecule has 0 saturated carbocycles. The lowest BCUT2D eigenvalue weighted by Crippen LogP contribution is -2.30. The van der Waals surface area contributed by atoms with Gasteiger partial charge in [0.1, 0.15) is 5.82 Å². The van der Waals surface area contributed by atoms with Gasteiger partial charge in [0.2, 0.25) is 0 Å². The number of aryl methyl sites for hydroxylation is 1. The average molecular weight is 580 g/mol. The molecule has 3 heterocycles. The van der Waals surface area contributed by atoms with Gasteiger partial charge in [0, 0.05) is 17.3 Å². The van der Waals surface area contributed by atoms with Crippen LogP contribution >= 0.6 is 11.3 Å². The molecule has 1 aliphatic rings. The molecule has 0 aliphatic carbocycles. The maximum atomic E-state index is 13.1. The Morgan fingerprint density at radius 3 is 1.76 bits per heavy atom. The summed E-state index contributed by atoms with van der Waals surface area (Å²) in [5.41, 5.74) is 4.56. The monoisotopic (exact) mass is 579 g/mol. The second-order valence-corrected chi connectivity index (χ2v) is 7.52. The zero-order valence-electron chi connectivity index (χ0n) is 28.1. The highest BCUT2D eigenvalue weighted by Gasteiger charge is 2.25. The number of benzene rings is 2. The van der Waals surface area contributed by atoms with Crippen molar-refractivity contribution in [3.05, 3.63) is 106 Å². The van der Waals surface area contributed by atoms with Crippen LogP contribution in [0.1, 0.15) is 105 Å². The molecular weight excluding hydrogens is 522 g/mol.